The van der Waals surface area contributed by atoms with Crippen LogP contribution in [-0.2, 0) is 0 Å². The van der Waals surface area contributed by atoms with E-state index in [1.807, 2.05) is 0 Å². The Morgan fingerprint density at radius 3 is 3.18 bits per heavy atom. The van der Waals surface area contributed by atoms with Crippen LogP contribution in [0.2, 0.25) is 0 Å². The molecule has 2 rings (SSSR count). The van der Waals surface area contributed by atoms with Crippen LogP contribution < -0.4 is 5.32 Å². The van der Waals surface area contributed by atoms with E-state index >= 15 is 0 Å². The summed E-state index contributed by atoms with van der Waals surface area (Å²) in [4.78, 5) is 4.47. The van der Waals surface area contributed by atoms with Crippen LogP contribution in [0.3, 0.4) is 0 Å². The third-order valence-electron chi connectivity index (χ3n) is 1.85. The second kappa shape index (κ2) is 2.81. The van der Waals surface area contributed by atoms with Crippen molar-refractivity contribution in [3.05, 3.63) is 11.1 Å². The molecule has 0 aromatic carbocycles. The van der Waals surface area contributed by atoms with Crippen molar-refractivity contribution in [3.8, 4) is 0 Å². The smallest absolute Gasteiger partial charge is 0.182 e. The Balaban J connectivity index is 2.06. The molecule has 1 aromatic heterocycles. The van der Waals surface area contributed by atoms with E-state index in [1.165, 1.54) is 18.5 Å². The van der Waals surface area contributed by atoms with Crippen LogP contribution >= 0.6 is 11.3 Å². The molecule has 2 nitrogen and oxygen atoms in total. The lowest BCUT2D eigenvalue weighted by Crippen LogP contribution is -1.95. The number of hydrogen-bond acceptors (Lipinski definition) is 3. The summed E-state index contributed by atoms with van der Waals surface area (Å²) in [6.45, 7) is 3.07. The van der Waals surface area contributed by atoms with Crippen LogP contribution in [0.15, 0.2) is 5.38 Å². The molecule has 1 heterocycles. The maximum absolute atomic E-state index is 4.47. The molecule has 1 N–H and O–H groups in total. The third kappa shape index (κ3) is 1.53. The number of aromatic nitrogens is 1. The first-order valence-corrected chi connectivity index (χ1v) is 4.97. The summed E-state index contributed by atoms with van der Waals surface area (Å²) < 4.78 is 0. The van der Waals surface area contributed by atoms with Crippen LogP contribution in [0, 0.1) is 0 Å². The third-order valence-corrected chi connectivity index (χ3v) is 2.66. The zero-order chi connectivity index (χ0) is 7.68. The zero-order valence-corrected chi connectivity index (χ0v) is 7.45. The van der Waals surface area contributed by atoms with Gasteiger partial charge in [0.1, 0.15) is 0 Å². The van der Waals surface area contributed by atoms with Gasteiger partial charge in [0.2, 0.25) is 0 Å². The lowest BCUT2D eigenvalue weighted by atomic mass is 10.3. The Labute approximate surface area is 70.7 Å². The average molecular weight is 168 g/mol. The lowest BCUT2D eigenvalue weighted by Gasteiger charge is -1.93. The van der Waals surface area contributed by atoms with E-state index in [9.17, 15) is 0 Å². The van der Waals surface area contributed by atoms with Gasteiger partial charge in [-0.1, -0.05) is 0 Å². The van der Waals surface area contributed by atoms with Crippen LogP contribution in [0.25, 0.3) is 0 Å². The Morgan fingerprint density at radius 2 is 2.55 bits per heavy atom. The summed E-state index contributed by atoms with van der Waals surface area (Å²) in [7, 11) is 0. The highest BCUT2D eigenvalue weighted by Crippen LogP contribution is 2.40. The van der Waals surface area contributed by atoms with Crippen molar-refractivity contribution in [1.82, 2.24) is 4.98 Å². The van der Waals surface area contributed by atoms with Gasteiger partial charge in [0.25, 0.3) is 0 Å². The fourth-order valence-electron chi connectivity index (χ4n) is 1.09. The fourth-order valence-corrected chi connectivity index (χ4v) is 1.95. The van der Waals surface area contributed by atoms with E-state index in [2.05, 4.69) is 22.6 Å². The molecule has 1 aliphatic rings. The van der Waals surface area contributed by atoms with Gasteiger partial charge < -0.3 is 5.32 Å². The molecule has 3 heteroatoms. The van der Waals surface area contributed by atoms with Crippen LogP contribution in [-0.4, -0.2) is 11.5 Å². The molecule has 60 valence electrons. The van der Waals surface area contributed by atoms with Crippen molar-refractivity contribution in [2.75, 3.05) is 11.9 Å². The summed E-state index contributed by atoms with van der Waals surface area (Å²) in [5.41, 5.74) is 1.30. The molecule has 0 spiro atoms. The van der Waals surface area contributed by atoms with Crippen LogP contribution in [0.1, 0.15) is 31.4 Å². The minimum absolute atomic E-state index is 0.790. The Kier molecular flexibility index (Phi) is 1.82. The van der Waals surface area contributed by atoms with Crippen molar-refractivity contribution in [1.29, 1.82) is 0 Å². The Bertz CT molecular complexity index is 240. The predicted molar refractivity (Wildman–Crippen MR) is 48.3 cm³/mol. The van der Waals surface area contributed by atoms with Gasteiger partial charge in [-0.05, 0) is 19.8 Å². The number of nitrogens with one attached hydrogen (secondary N) is 1. The van der Waals surface area contributed by atoms with Crippen LogP contribution in [0.5, 0.6) is 0 Å². The second-order valence-electron chi connectivity index (χ2n) is 2.88. The van der Waals surface area contributed by atoms with Crippen molar-refractivity contribution < 1.29 is 0 Å². The normalized spacial score (nSPS) is 16.8. The number of nitrogens with zero attached hydrogens (tertiary/aromatic N) is 1. The highest BCUT2D eigenvalue weighted by atomic mass is 32.1. The van der Waals surface area contributed by atoms with Gasteiger partial charge in [-0.25, -0.2) is 4.98 Å². The number of rotatable bonds is 3. The first-order chi connectivity index (χ1) is 5.40. The highest BCUT2D eigenvalue weighted by Gasteiger charge is 2.25. The number of thiazole rings is 1. The molecule has 1 aliphatic carbocycles. The minimum atomic E-state index is 0.790. The van der Waals surface area contributed by atoms with Crippen molar-refractivity contribution >= 4 is 16.5 Å². The molecule has 0 unspecified atom stereocenters. The summed E-state index contributed by atoms with van der Waals surface area (Å²) >= 11 is 1.72. The van der Waals surface area contributed by atoms with E-state index in [1.54, 1.807) is 11.3 Å². The lowest BCUT2D eigenvalue weighted by molar-refractivity contribution is 1.04. The average Bonchev–Trinajstić information content (AvgIpc) is 2.75. The van der Waals surface area contributed by atoms with Crippen molar-refractivity contribution in [3.63, 3.8) is 0 Å². The molecule has 0 atom stereocenters. The van der Waals surface area contributed by atoms with Gasteiger partial charge >= 0.3 is 0 Å². The van der Waals surface area contributed by atoms with E-state index < -0.39 is 0 Å². The van der Waals surface area contributed by atoms with Gasteiger partial charge in [-0.15, -0.1) is 11.3 Å². The standard InChI is InChI=1S/C8H12N2S/c1-2-9-8-10-7(5-11-8)6-3-4-6/h5-6H,2-4H2,1H3,(H,9,10). The molecule has 0 amide bonds. The minimum Gasteiger partial charge on any atom is -0.362 e. The summed E-state index contributed by atoms with van der Waals surface area (Å²) in [5, 5.41) is 6.47. The molecular weight excluding hydrogens is 156 g/mol. The van der Waals surface area contributed by atoms with E-state index in [4.69, 9.17) is 0 Å². The van der Waals surface area contributed by atoms with E-state index in [0.29, 0.717) is 0 Å². The molecule has 0 radical (unpaired) electrons. The molecule has 1 aromatic rings. The summed E-state index contributed by atoms with van der Waals surface area (Å²) in [5.74, 6) is 0.790. The van der Waals surface area contributed by atoms with Gasteiger partial charge in [0.05, 0.1) is 5.69 Å². The van der Waals surface area contributed by atoms with Crippen molar-refractivity contribution in [2.45, 2.75) is 25.7 Å². The second-order valence-corrected chi connectivity index (χ2v) is 3.74. The topological polar surface area (TPSA) is 24.9 Å². The zero-order valence-electron chi connectivity index (χ0n) is 6.63. The van der Waals surface area contributed by atoms with Crippen LogP contribution in [0.4, 0.5) is 5.13 Å². The van der Waals surface area contributed by atoms with Gasteiger partial charge in [0, 0.05) is 17.8 Å². The van der Waals surface area contributed by atoms with E-state index in [-0.39, 0.29) is 0 Å². The van der Waals surface area contributed by atoms with E-state index in [0.717, 1.165) is 17.6 Å². The largest absolute Gasteiger partial charge is 0.362 e. The summed E-state index contributed by atoms with van der Waals surface area (Å²) in [6.07, 6.45) is 2.69. The molecule has 11 heavy (non-hydrogen) atoms. The first kappa shape index (κ1) is 7.10. The number of hydrogen-bond donors (Lipinski definition) is 1. The van der Waals surface area contributed by atoms with Gasteiger partial charge in [-0.2, -0.15) is 0 Å². The Hall–Kier alpha value is -0.570. The highest BCUT2D eigenvalue weighted by molar-refractivity contribution is 7.13. The monoisotopic (exact) mass is 168 g/mol. The molecule has 1 fully saturated rings. The molecule has 0 aliphatic heterocycles. The fraction of sp³-hybridized carbons (Fsp3) is 0.625. The maximum Gasteiger partial charge on any atom is 0.182 e. The SMILES string of the molecule is CCNc1nc(C2CC2)cs1. The quantitative estimate of drug-likeness (QED) is 0.750. The molecule has 0 bridgehead atoms. The predicted octanol–water partition coefficient (Wildman–Crippen LogP) is 2.45. The summed E-state index contributed by atoms with van der Waals surface area (Å²) in [6, 6.07) is 0. The molecule has 0 saturated heterocycles. The van der Waals surface area contributed by atoms with Gasteiger partial charge in [-0.3, -0.25) is 0 Å². The first-order valence-electron chi connectivity index (χ1n) is 4.09. The molecule has 1 saturated carbocycles. The number of anilines is 1. The molecular formula is C8H12N2S. The van der Waals surface area contributed by atoms with Gasteiger partial charge in [0.15, 0.2) is 5.13 Å². The van der Waals surface area contributed by atoms with Crippen molar-refractivity contribution in [2.24, 2.45) is 0 Å². The maximum atomic E-state index is 4.47. The Morgan fingerprint density at radius 1 is 1.73 bits per heavy atom.